The van der Waals surface area contributed by atoms with Crippen molar-refractivity contribution in [3.63, 3.8) is 0 Å². The summed E-state index contributed by atoms with van der Waals surface area (Å²) in [6, 6.07) is 0. The standard InChI is InChI=1S/C9H12N2O/c12-4-9-7-2-5-1-6(5)3-8(7)10-11-9/h5-6,12H,1-4H2,(H,10,11)/t5-,6?/m0/s1. The van der Waals surface area contributed by atoms with Crippen molar-refractivity contribution >= 4 is 0 Å². The monoisotopic (exact) mass is 164 g/mol. The normalized spacial score (nSPS) is 31.1. The van der Waals surface area contributed by atoms with Crippen LogP contribution in [0.2, 0.25) is 0 Å². The molecule has 0 saturated heterocycles. The van der Waals surface area contributed by atoms with Crippen LogP contribution in [0.5, 0.6) is 0 Å². The van der Waals surface area contributed by atoms with Gasteiger partial charge in [-0.1, -0.05) is 0 Å². The number of hydrogen-bond acceptors (Lipinski definition) is 2. The van der Waals surface area contributed by atoms with Gasteiger partial charge in [0, 0.05) is 5.69 Å². The number of aliphatic hydroxyl groups excluding tert-OH is 1. The molecule has 2 N–H and O–H groups in total. The van der Waals surface area contributed by atoms with Crippen molar-refractivity contribution in [3.8, 4) is 0 Å². The number of hydrogen-bond donors (Lipinski definition) is 2. The van der Waals surface area contributed by atoms with E-state index in [-0.39, 0.29) is 6.61 Å². The molecule has 1 aromatic heterocycles. The molecule has 2 aliphatic carbocycles. The van der Waals surface area contributed by atoms with Gasteiger partial charge in [0.1, 0.15) is 0 Å². The SMILES string of the molecule is OCc1n[nH]c2c1C[C@@H]1CC1C2. The Kier molecular flexibility index (Phi) is 1.17. The summed E-state index contributed by atoms with van der Waals surface area (Å²) < 4.78 is 0. The Labute approximate surface area is 70.8 Å². The third-order valence-corrected chi connectivity index (χ3v) is 3.19. The smallest absolute Gasteiger partial charge is 0.0911 e. The predicted octanol–water partition coefficient (Wildman–Crippen LogP) is 0.637. The second-order valence-corrected chi connectivity index (χ2v) is 3.95. The summed E-state index contributed by atoms with van der Waals surface area (Å²) in [5, 5.41) is 16.1. The Morgan fingerprint density at radius 3 is 3.08 bits per heavy atom. The molecule has 3 heteroatoms. The molecule has 0 bridgehead atoms. The number of aliphatic hydroxyl groups is 1. The molecular weight excluding hydrogens is 152 g/mol. The minimum Gasteiger partial charge on any atom is -0.390 e. The first-order chi connectivity index (χ1) is 5.88. The molecule has 0 amide bonds. The van der Waals surface area contributed by atoms with E-state index in [1.165, 1.54) is 17.7 Å². The van der Waals surface area contributed by atoms with Gasteiger partial charge in [0.05, 0.1) is 12.3 Å². The number of fused-ring (bicyclic) bond motifs is 2. The molecule has 0 spiro atoms. The van der Waals surface area contributed by atoms with Crippen molar-refractivity contribution in [2.24, 2.45) is 11.8 Å². The zero-order chi connectivity index (χ0) is 8.13. The van der Waals surface area contributed by atoms with Gasteiger partial charge in [-0.25, -0.2) is 0 Å². The molecule has 0 aliphatic heterocycles. The van der Waals surface area contributed by atoms with E-state index < -0.39 is 0 Å². The van der Waals surface area contributed by atoms with E-state index in [0.29, 0.717) is 0 Å². The summed E-state index contributed by atoms with van der Waals surface area (Å²) in [4.78, 5) is 0. The highest BCUT2D eigenvalue weighted by Crippen LogP contribution is 2.47. The number of H-pyrrole nitrogens is 1. The molecule has 64 valence electrons. The Balaban J connectivity index is 2.03. The van der Waals surface area contributed by atoms with Crippen LogP contribution in [-0.2, 0) is 19.4 Å². The highest BCUT2D eigenvalue weighted by Gasteiger charge is 2.42. The van der Waals surface area contributed by atoms with Crippen molar-refractivity contribution in [2.75, 3.05) is 0 Å². The van der Waals surface area contributed by atoms with Gasteiger partial charge in [-0.3, -0.25) is 5.10 Å². The maximum atomic E-state index is 9.00. The first-order valence-corrected chi connectivity index (χ1v) is 4.54. The Bertz CT molecular complexity index is 318. The molecule has 12 heavy (non-hydrogen) atoms. The molecule has 1 saturated carbocycles. The highest BCUT2D eigenvalue weighted by molar-refractivity contribution is 5.31. The quantitative estimate of drug-likeness (QED) is 0.639. The second kappa shape index (κ2) is 2.10. The van der Waals surface area contributed by atoms with Crippen LogP contribution in [0.25, 0.3) is 0 Å². The maximum Gasteiger partial charge on any atom is 0.0911 e. The fraction of sp³-hybridized carbons (Fsp3) is 0.667. The number of aromatic amines is 1. The van der Waals surface area contributed by atoms with Crippen LogP contribution in [0.3, 0.4) is 0 Å². The summed E-state index contributed by atoms with van der Waals surface area (Å²) in [5.74, 6) is 1.82. The average Bonchev–Trinajstić information content (AvgIpc) is 2.72. The molecule has 2 atom stereocenters. The predicted molar refractivity (Wildman–Crippen MR) is 43.5 cm³/mol. The summed E-state index contributed by atoms with van der Waals surface area (Å²) in [5.41, 5.74) is 3.45. The van der Waals surface area contributed by atoms with E-state index in [9.17, 15) is 0 Å². The summed E-state index contributed by atoms with van der Waals surface area (Å²) >= 11 is 0. The summed E-state index contributed by atoms with van der Waals surface area (Å²) in [6.45, 7) is 0.0865. The largest absolute Gasteiger partial charge is 0.390 e. The Hall–Kier alpha value is -0.830. The lowest BCUT2D eigenvalue weighted by atomic mass is 9.96. The lowest BCUT2D eigenvalue weighted by Gasteiger charge is -2.09. The van der Waals surface area contributed by atoms with E-state index in [2.05, 4.69) is 10.2 Å². The zero-order valence-corrected chi connectivity index (χ0v) is 6.88. The van der Waals surface area contributed by atoms with Crippen LogP contribution in [0, 0.1) is 11.8 Å². The van der Waals surface area contributed by atoms with E-state index in [1.807, 2.05) is 0 Å². The second-order valence-electron chi connectivity index (χ2n) is 3.95. The molecule has 0 radical (unpaired) electrons. The molecule has 0 aromatic carbocycles. The first-order valence-electron chi connectivity index (χ1n) is 4.54. The van der Waals surface area contributed by atoms with E-state index >= 15 is 0 Å². The van der Waals surface area contributed by atoms with Crippen LogP contribution in [0.15, 0.2) is 0 Å². The van der Waals surface area contributed by atoms with Gasteiger partial charge in [0.2, 0.25) is 0 Å². The van der Waals surface area contributed by atoms with E-state index in [1.54, 1.807) is 0 Å². The number of nitrogens with one attached hydrogen (secondary N) is 1. The molecule has 1 fully saturated rings. The van der Waals surface area contributed by atoms with Crippen LogP contribution in [0.4, 0.5) is 0 Å². The van der Waals surface area contributed by atoms with Gasteiger partial charge in [-0.05, 0) is 36.7 Å². The maximum absolute atomic E-state index is 9.00. The number of rotatable bonds is 1. The molecule has 3 nitrogen and oxygen atoms in total. The van der Waals surface area contributed by atoms with Crippen molar-refractivity contribution in [1.82, 2.24) is 10.2 Å². The van der Waals surface area contributed by atoms with Crippen molar-refractivity contribution in [3.05, 3.63) is 17.0 Å². The van der Waals surface area contributed by atoms with Crippen LogP contribution in [0.1, 0.15) is 23.4 Å². The van der Waals surface area contributed by atoms with Crippen molar-refractivity contribution in [1.29, 1.82) is 0 Å². The minimum atomic E-state index is 0.0865. The van der Waals surface area contributed by atoms with Crippen LogP contribution in [-0.4, -0.2) is 15.3 Å². The number of aromatic nitrogens is 2. The highest BCUT2D eigenvalue weighted by atomic mass is 16.3. The van der Waals surface area contributed by atoms with E-state index in [0.717, 1.165) is 30.4 Å². The fourth-order valence-corrected chi connectivity index (χ4v) is 2.32. The van der Waals surface area contributed by atoms with Gasteiger partial charge < -0.3 is 5.11 Å². The zero-order valence-electron chi connectivity index (χ0n) is 6.88. The molecule has 1 aromatic rings. The lowest BCUT2D eigenvalue weighted by molar-refractivity contribution is 0.275. The minimum absolute atomic E-state index is 0.0865. The van der Waals surface area contributed by atoms with Gasteiger partial charge in [0.25, 0.3) is 0 Å². The molecule has 1 unspecified atom stereocenters. The third-order valence-electron chi connectivity index (χ3n) is 3.19. The van der Waals surface area contributed by atoms with Gasteiger partial charge >= 0.3 is 0 Å². The molecule has 3 rings (SSSR count). The van der Waals surface area contributed by atoms with Crippen molar-refractivity contribution < 1.29 is 5.11 Å². The fourth-order valence-electron chi connectivity index (χ4n) is 2.32. The van der Waals surface area contributed by atoms with Gasteiger partial charge in [-0.15, -0.1) is 0 Å². The first kappa shape index (κ1) is 6.66. The molecule has 2 aliphatic rings. The topological polar surface area (TPSA) is 48.9 Å². The summed E-state index contributed by atoms with van der Waals surface area (Å²) in [6.07, 6.45) is 3.69. The van der Waals surface area contributed by atoms with Crippen LogP contribution < -0.4 is 0 Å². The van der Waals surface area contributed by atoms with Crippen LogP contribution >= 0.6 is 0 Å². The molecule has 1 heterocycles. The van der Waals surface area contributed by atoms with Crippen molar-refractivity contribution in [2.45, 2.75) is 25.9 Å². The number of nitrogens with zero attached hydrogens (tertiary/aromatic N) is 1. The Morgan fingerprint density at radius 2 is 2.25 bits per heavy atom. The third kappa shape index (κ3) is 0.771. The Morgan fingerprint density at radius 1 is 1.42 bits per heavy atom. The average molecular weight is 164 g/mol. The molecular formula is C9H12N2O. The lowest BCUT2D eigenvalue weighted by Crippen LogP contribution is -2.05. The van der Waals surface area contributed by atoms with Gasteiger partial charge in [-0.2, -0.15) is 5.10 Å². The summed E-state index contributed by atoms with van der Waals surface area (Å²) in [7, 11) is 0. The van der Waals surface area contributed by atoms with E-state index in [4.69, 9.17) is 5.11 Å². The van der Waals surface area contributed by atoms with Gasteiger partial charge in [0.15, 0.2) is 0 Å².